The van der Waals surface area contributed by atoms with Gasteiger partial charge in [-0.3, -0.25) is 9.69 Å². The molecule has 4 nitrogen and oxygen atoms in total. The standard InChI is InChI=1S/C14H20N2O2/c1-18-14(17)13(9-15)16-8-7-12(10-16)11-5-3-2-4-6-11/h2-6,12-13H,7-10,15H2,1H3. The summed E-state index contributed by atoms with van der Waals surface area (Å²) >= 11 is 0. The molecule has 0 radical (unpaired) electrons. The van der Waals surface area contributed by atoms with Gasteiger partial charge in [-0.05, 0) is 24.4 Å². The molecule has 1 aromatic rings. The summed E-state index contributed by atoms with van der Waals surface area (Å²) in [6.07, 6.45) is 1.07. The van der Waals surface area contributed by atoms with E-state index < -0.39 is 0 Å². The van der Waals surface area contributed by atoms with Gasteiger partial charge in [-0.2, -0.15) is 0 Å². The second-order valence-electron chi connectivity index (χ2n) is 4.67. The van der Waals surface area contributed by atoms with Gasteiger partial charge < -0.3 is 10.5 Å². The molecule has 4 heteroatoms. The number of rotatable bonds is 4. The van der Waals surface area contributed by atoms with Gasteiger partial charge in [-0.25, -0.2) is 0 Å². The highest BCUT2D eigenvalue weighted by molar-refractivity contribution is 5.76. The van der Waals surface area contributed by atoms with Crippen LogP contribution in [0.25, 0.3) is 0 Å². The summed E-state index contributed by atoms with van der Waals surface area (Å²) in [5.41, 5.74) is 7.00. The zero-order chi connectivity index (χ0) is 13.0. The van der Waals surface area contributed by atoms with E-state index in [1.54, 1.807) is 0 Å². The first-order valence-corrected chi connectivity index (χ1v) is 6.33. The zero-order valence-corrected chi connectivity index (χ0v) is 10.7. The minimum absolute atomic E-state index is 0.230. The van der Waals surface area contributed by atoms with Crippen molar-refractivity contribution in [2.45, 2.75) is 18.4 Å². The minimum Gasteiger partial charge on any atom is -0.468 e. The van der Waals surface area contributed by atoms with E-state index >= 15 is 0 Å². The number of esters is 1. The van der Waals surface area contributed by atoms with Crippen LogP contribution in [0, 0.1) is 0 Å². The molecule has 98 valence electrons. The summed E-state index contributed by atoms with van der Waals surface area (Å²) in [6.45, 7) is 2.09. The highest BCUT2D eigenvalue weighted by Gasteiger charge is 2.32. The molecule has 2 N–H and O–H groups in total. The summed E-state index contributed by atoms with van der Waals surface area (Å²) < 4.78 is 4.80. The maximum atomic E-state index is 11.6. The number of nitrogens with two attached hydrogens (primary N) is 1. The fourth-order valence-corrected chi connectivity index (χ4v) is 2.60. The van der Waals surface area contributed by atoms with Gasteiger partial charge in [0.05, 0.1) is 7.11 Å². The number of likely N-dealkylation sites (tertiary alicyclic amines) is 1. The quantitative estimate of drug-likeness (QED) is 0.807. The number of carbonyl (C=O) groups excluding carboxylic acids is 1. The van der Waals surface area contributed by atoms with Crippen molar-refractivity contribution in [1.82, 2.24) is 4.90 Å². The number of carbonyl (C=O) groups is 1. The summed E-state index contributed by atoms with van der Waals surface area (Å²) in [7, 11) is 1.41. The van der Waals surface area contributed by atoms with Crippen LogP contribution in [0.2, 0.25) is 0 Å². The second kappa shape index (κ2) is 5.98. The first-order chi connectivity index (χ1) is 8.76. The lowest BCUT2D eigenvalue weighted by Crippen LogP contribution is -2.45. The Kier molecular flexibility index (Phi) is 4.33. The molecule has 1 heterocycles. The van der Waals surface area contributed by atoms with Crippen molar-refractivity contribution in [3.63, 3.8) is 0 Å². The van der Waals surface area contributed by atoms with Crippen molar-refractivity contribution >= 4 is 5.97 Å². The van der Waals surface area contributed by atoms with E-state index in [1.807, 2.05) is 6.07 Å². The predicted octanol–water partition coefficient (Wildman–Crippen LogP) is 0.976. The molecule has 1 saturated heterocycles. The number of benzene rings is 1. The first-order valence-electron chi connectivity index (χ1n) is 6.33. The number of nitrogens with zero attached hydrogens (tertiary/aromatic N) is 1. The van der Waals surface area contributed by atoms with Gasteiger partial charge >= 0.3 is 5.97 Å². The molecule has 1 aliphatic rings. The monoisotopic (exact) mass is 248 g/mol. The first kappa shape index (κ1) is 13.1. The lowest BCUT2D eigenvalue weighted by atomic mass is 9.99. The van der Waals surface area contributed by atoms with Crippen LogP contribution in [-0.2, 0) is 9.53 Å². The smallest absolute Gasteiger partial charge is 0.324 e. The highest BCUT2D eigenvalue weighted by atomic mass is 16.5. The van der Waals surface area contributed by atoms with Crippen molar-refractivity contribution in [2.24, 2.45) is 5.73 Å². The van der Waals surface area contributed by atoms with Gasteiger partial charge in [0.25, 0.3) is 0 Å². The number of hydrogen-bond acceptors (Lipinski definition) is 4. The molecule has 2 atom stereocenters. The summed E-state index contributed by atoms with van der Waals surface area (Å²) in [5.74, 6) is 0.260. The van der Waals surface area contributed by atoms with Gasteiger partial charge in [0, 0.05) is 13.1 Å². The van der Waals surface area contributed by atoms with E-state index in [1.165, 1.54) is 12.7 Å². The van der Waals surface area contributed by atoms with E-state index in [9.17, 15) is 4.79 Å². The van der Waals surface area contributed by atoms with Crippen molar-refractivity contribution in [3.8, 4) is 0 Å². The van der Waals surface area contributed by atoms with Gasteiger partial charge in [-0.1, -0.05) is 30.3 Å². The lowest BCUT2D eigenvalue weighted by molar-refractivity contribution is -0.146. The average molecular weight is 248 g/mol. The third kappa shape index (κ3) is 2.71. The molecule has 2 unspecified atom stereocenters. The molecule has 1 aromatic carbocycles. The van der Waals surface area contributed by atoms with Crippen LogP contribution in [0.5, 0.6) is 0 Å². The number of ether oxygens (including phenoxy) is 1. The molecule has 0 aromatic heterocycles. The van der Waals surface area contributed by atoms with Crippen molar-refractivity contribution in [2.75, 3.05) is 26.7 Å². The fraction of sp³-hybridized carbons (Fsp3) is 0.500. The zero-order valence-electron chi connectivity index (χ0n) is 10.7. The summed E-state index contributed by atoms with van der Waals surface area (Å²) in [4.78, 5) is 13.8. The van der Waals surface area contributed by atoms with Crippen LogP contribution in [0.3, 0.4) is 0 Å². The van der Waals surface area contributed by atoms with E-state index in [0.717, 1.165) is 19.5 Å². The number of methoxy groups -OCH3 is 1. The molecule has 2 rings (SSSR count). The van der Waals surface area contributed by atoms with Crippen LogP contribution in [0.1, 0.15) is 17.9 Å². The summed E-state index contributed by atoms with van der Waals surface area (Å²) in [5, 5.41) is 0. The third-order valence-corrected chi connectivity index (χ3v) is 3.63. The SMILES string of the molecule is COC(=O)C(CN)N1CCC(c2ccccc2)C1. The van der Waals surface area contributed by atoms with Crippen LogP contribution in [-0.4, -0.2) is 43.7 Å². The van der Waals surface area contributed by atoms with Crippen molar-refractivity contribution < 1.29 is 9.53 Å². The molecule has 18 heavy (non-hydrogen) atoms. The Hall–Kier alpha value is -1.39. The minimum atomic E-state index is -0.302. The van der Waals surface area contributed by atoms with Crippen molar-refractivity contribution in [3.05, 3.63) is 35.9 Å². The Morgan fingerprint density at radius 1 is 1.50 bits per heavy atom. The topological polar surface area (TPSA) is 55.6 Å². The fourth-order valence-electron chi connectivity index (χ4n) is 2.60. The third-order valence-electron chi connectivity index (χ3n) is 3.63. The molecule has 1 fully saturated rings. The van der Waals surface area contributed by atoms with E-state index in [0.29, 0.717) is 12.5 Å². The van der Waals surface area contributed by atoms with E-state index in [-0.39, 0.29) is 12.0 Å². The molecule has 0 saturated carbocycles. The largest absolute Gasteiger partial charge is 0.468 e. The molecular weight excluding hydrogens is 228 g/mol. The lowest BCUT2D eigenvalue weighted by Gasteiger charge is -2.24. The summed E-state index contributed by atoms with van der Waals surface area (Å²) in [6, 6.07) is 10.1. The normalized spacial score (nSPS) is 21.8. The Morgan fingerprint density at radius 3 is 2.83 bits per heavy atom. The van der Waals surface area contributed by atoms with Crippen LogP contribution < -0.4 is 5.73 Å². The van der Waals surface area contributed by atoms with Crippen LogP contribution >= 0.6 is 0 Å². The van der Waals surface area contributed by atoms with E-state index in [4.69, 9.17) is 10.5 Å². The van der Waals surface area contributed by atoms with Gasteiger partial charge in [0.2, 0.25) is 0 Å². The molecule has 0 aliphatic carbocycles. The van der Waals surface area contributed by atoms with Gasteiger partial charge in [0.1, 0.15) is 6.04 Å². The van der Waals surface area contributed by atoms with Crippen molar-refractivity contribution in [1.29, 1.82) is 0 Å². The maximum absolute atomic E-state index is 11.6. The highest BCUT2D eigenvalue weighted by Crippen LogP contribution is 2.28. The van der Waals surface area contributed by atoms with Gasteiger partial charge in [-0.15, -0.1) is 0 Å². The van der Waals surface area contributed by atoms with Crippen LogP contribution in [0.4, 0.5) is 0 Å². The molecule has 1 aliphatic heterocycles. The second-order valence-corrected chi connectivity index (χ2v) is 4.67. The maximum Gasteiger partial charge on any atom is 0.324 e. The molecule has 0 bridgehead atoms. The molecular formula is C14H20N2O2. The molecule has 0 amide bonds. The predicted molar refractivity (Wildman–Crippen MR) is 70.2 cm³/mol. The van der Waals surface area contributed by atoms with Crippen LogP contribution in [0.15, 0.2) is 30.3 Å². The van der Waals surface area contributed by atoms with E-state index in [2.05, 4.69) is 29.2 Å². The Bertz CT molecular complexity index is 394. The Labute approximate surface area is 108 Å². The average Bonchev–Trinajstić information content (AvgIpc) is 2.90. The number of hydrogen-bond donors (Lipinski definition) is 1. The Balaban J connectivity index is 2.01. The van der Waals surface area contributed by atoms with Gasteiger partial charge in [0.15, 0.2) is 0 Å². The Morgan fingerprint density at radius 2 is 2.22 bits per heavy atom. The molecule has 0 spiro atoms.